The smallest absolute Gasteiger partial charge is 0.255 e. The molecule has 0 aromatic heterocycles. The summed E-state index contributed by atoms with van der Waals surface area (Å²) in [6.07, 6.45) is 4.98. The highest BCUT2D eigenvalue weighted by Gasteiger charge is 2.13. The zero-order chi connectivity index (χ0) is 17.1. The Morgan fingerprint density at radius 2 is 1.96 bits per heavy atom. The minimum Gasteiger partial charge on any atom is -0.490 e. The van der Waals surface area contributed by atoms with Gasteiger partial charge in [0.1, 0.15) is 0 Å². The van der Waals surface area contributed by atoms with Crippen molar-refractivity contribution in [3.63, 3.8) is 0 Å². The van der Waals surface area contributed by atoms with Crippen LogP contribution in [0, 0.1) is 0 Å². The predicted molar refractivity (Wildman–Crippen MR) is 103 cm³/mol. The first-order chi connectivity index (χ1) is 11.1. The van der Waals surface area contributed by atoms with Gasteiger partial charge in [-0.25, -0.2) is 0 Å². The quantitative estimate of drug-likeness (QED) is 0.501. The molecule has 0 aliphatic heterocycles. The minimum atomic E-state index is -0.517. The predicted octanol–water partition coefficient (Wildman–Crippen LogP) is 3.80. The van der Waals surface area contributed by atoms with E-state index in [-0.39, 0.29) is 19.0 Å². The number of ether oxygens (including phenoxy) is 2. The van der Waals surface area contributed by atoms with Gasteiger partial charge >= 0.3 is 0 Å². The molecule has 0 spiro atoms. The van der Waals surface area contributed by atoms with Gasteiger partial charge in [0, 0.05) is 6.54 Å². The van der Waals surface area contributed by atoms with E-state index >= 15 is 0 Å². The molecule has 1 rings (SSSR count). The highest BCUT2D eigenvalue weighted by atomic mass is 79.9. The summed E-state index contributed by atoms with van der Waals surface area (Å²) < 4.78 is 11.8. The number of carbonyl (C=O) groups excluding carboxylic acids is 1. The zero-order valence-electron chi connectivity index (χ0n) is 14.4. The number of amides is 1. The number of hydrogen-bond donors (Lipinski definition) is 2. The van der Waals surface area contributed by atoms with Gasteiger partial charge in [-0.2, -0.15) is 0 Å². The minimum absolute atomic E-state index is 0. The Kier molecular flexibility index (Phi) is 12.8. The summed E-state index contributed by atoms with van der Waals surface area (Å²) in [5.41, 5.74) is 6.23. The molecule has 0 saturated heterocycles. The average Bonchev–Trinajstić information content (AvgIpc) is 2.50. The monoisotopic (exact) mass is 422 g/mol. The van der Waals surface area contributed by atoms with Gasteiger partial charge in [-0.05, 0) is 53.5 Å². The second-order valence-corrected chi connectivity index (χ2v) is 6.18. The van der Waals surface area contributed by atoms with Crippen molar-refractivity contribution in [2.24, 2.45) is 5.73 Å². The fraction of sp³-hybridized carbons (Fsp3) is 0.588. The molecule has 0 aliphatic carbocycles. The van der Waals surface area contributed by atoms with E-state index < -0.39 is 5.91 Å². The molecule has 0 unspecified atom stereocenters. The van der Waals surface area contributed by atoms with Crippen LogP contribution in [0.25, 0.3) is 0 Å². The van der Waals surface area contributed by atoms with Crippen LogP contribution in [0.5, 0.6) is 11.5 Å². The van der Waals surface area contributed by atoms with E-state index in [0.29, 0.717) is 18.1 Å². The molecular weight excluding hydrogens is 396 g/mol. The van der Waals surface area contributed by atoms with E-state index in [0.717, 1.165) is 23.1 Å². The molecule has 1 aromatic rings. The third-order valence-electron chi connectivity index (χ3n) is 3.26. The molecule has 1 aromatic carbocycles. The first-order valence-electron chi connectivity index (χ1n) is 8.15. The van der Waals surface area contributed by atoms with Gasteiger partial charge in [-0.3, -0.25) is 4.79 Å². The van der Waals surface area contributed by atoms with E-state index in [9.17, 15) is 4.79 Å². The molecule has 0 aliphatic rings. The Morgan fingerprint density at radius 3 is 2.58 bits per heavy atom. The van der Waals surface area contributed by atoms with Crippen molar-refractivity contribution in [3.8, 4) is 11.5 Å². The van der Waals surface area contributed by atoms with Gasteiger partial charge in [-0.15, -0.1) is 12.4 Å². The topological polar surface area (TPSA) is 73.6 Å². The van der Waals surface area contributed by atoms with Crippen molar-refractivity contribution < 1.29 is 14.3 Å². The van der Waals surface area contributed by atoms with E-state index in [2.05, 4.69) is 28.2 Å². The second kappa shape index (κ2) is 13.3. The van der Waals surface area contributed by atoms with Crippen molar-refractivity contribution in [2.45, 2.75) is 46.1 Å². The lowest BCUT2D eigenvalue weighted by molar-refractivity contribution is -0.119. The lowest BCUT2D eigenvalue weighted by Crippen LogP contribution is -2.20. The van der Waals surface area contributed by atoms with Gasteiger partial charge in [0.05, 0.1) is 11.1 Å². The normalized spacial score (nSPS) is 10.1. The Morgan fingerprint density at radius 1 is 1.21 bits per heavy atom. The number of nitrogens with one attached hydrogen (secondary N) is 1. The molecule has 24 heavy (non-hydrogen) atoms. The number of primary amides is 1. The van der Waals surface area contributed by atoms with Crippen LogP contribution in [0.15, 0.2) is 16.6 Å². The standard InChI is InChI=1S/C17H27BrN2O3.ClH/c1-3-5-6-7-8-20-11-13-9-14(18)17(23-12-16(19)21)15(10-13)22-4-2;/h9-10,20H,3-8,11-12H2,1-2H3,(H2,19,21);1H. The number of unbranched alkanes of at least 4 members (excludes halogenated alkanes) is 3. The summed E-state index contributed by atoms with van der Waals surface area (Å²) in [7, 11) is 0. The first kappa shape index (κ1) is 23.0. The number of nitrogens with two attached hydrogens (primary N) is 1. The van der Waals surface area contributed by atoms with E-state index in [1.807, 2.05) is 19.1 Å². The van der Waals surface area contributed by atoms with Crippen LogP contribution in [0.1, 0.15) is 45.1 Å². The Balaban J connectivity index is 0.00000529. The maximum Gasteiger partial charge on any atom is 0.255 e. The van der Waals surface area contributed by atoms with Crippen molar-refractivity contribution in [3.05, 3.63) is 22.2 Å². The van der Waals surface area contributed by atoms with Gasteiger partial charge < -0.3 is 20.5 Å². The van der Waals surface area contributed by atoms with Crippen LogP contribution in [-0.4, -0.2) is 25.7 Å². The Bertz CT molecular complexity index is 501. The van der Waals surface area contributed by atoms with E-state index in [1.165, 1.54) is 25.7 Å². The van der Waals surface area contributed by atoms with Crippen LogP contribution in [0.3, 0.4) is 0 Å². The Hall–Kier alpha value is -0.980. The third kappa shape index (κ3) is 8.76. The van der Waals surface area contributed by atoms with E-state index in [4.69, 9.17) is 15.2 Å². The molecule has 0 atom stereocenters. The van der Waals surface area contributed by atoms with Crippen LogP contribution in [0.2, 0.25) is 0 Å². The molecule has 0 fully saturated rings. The maximum absolute atomic E-state index is 10.9. The summed E-state index contributed by atoms with van der Waals surface area (Å²) in [6.45, 7) is 6.23. The summed E-state index contributed by atoms with van der Waals surface area (Å²) in [6, 6.07) is 3.90. The summed E-state index contributed by atoms with van der Waals surface area (Å²) in [5.74, 6) is 0.612. The molecule has 0 radical (unpaired) electrons. The lowest BCUT2D eigenvalue weighted by atomic mass is 10.2. The zero-order valence-corrected chi connectivity index (χ0v) is 16.8. The third-order valence-corrected chi connectivity index (χ3v) is 3.85. The molecule has 1 amide bonds. The number of carbonyl (C=O) groups is 1. The first-order valence-corrected chi connectivity index (χ1v) is 8.94. The summed E-state index contributed by atoms with van der Waals surface area (Å²) in [5, 5.41) is 3.44. The maximum atomic E-state index is 10.9. The number of benzene rings is 1. The van der Waals surface area contributed by atoms with Crippen LogP contribution >= 0.6 is 28.3 Å². The summed E-state index contributed by atoms with van der Waals surface area (Å²) >= 11 is 3.48. The number of hydrogen-bond acceptors (Lipinski definition) is 4. The number of halogens is 2. The van der Waals surface area contributed by atoms with Gasteiger partial charge in [0.25, 0.3) is 5.91 Å². The van der Waals surface area contributed by atoms with E-state index in [1.54, 1.807) is 0 Å². The molecule has 7 heteroatoms. The van der Waals surface area contributed by atoms with Crippen molar-refractivity contribution in [1.82, 2.24) is 5.32 Å². The highest BCUT2D eigenvalue weighted by molar-refractivity contribution is 9.10. The largest absolute Gasteiger partial charge is 0.490 e. The molecule has 0 heterocycles. The fourth-order valence-electron chi connectivity index (χ4n) is 2.18. The van der Waals surface area contributed by atoms with Gasteiger partial charge in [0.2, 0.25) is 0 Å². The second-order valence-electron chi connectivity index (χ2n) is 5.33. The average molecular weight is 424 g/mol. The van der Waals surface area contributed by atoms with Crippen LogP contribution in [-0.2, 0) is 11.3 Å². The van der Waals surface area contributed by atoms with Crippen LogP contribution in [0.4, 0.5) is 0 Å². The molecule has 0 saturated carbocycles. The van der Waals surface area contributed by atoms with Crippen molar-refractivity contribution in [1.29, 1.82) is 0 Å². The van der Waals surface area contributed by atoms with Gasteiger partial charge in [-0.1, -0.05) is 26.2 Å². The Labute approximate surface area is 159 Å². The lowest BCUT2D eigenvalue weighted by Gasteiger charge is -2.15. The van der Waals surface area contributed by atoms with Crippen molar-refractivity contribution >= 4 is 34.2 Å². The fourth-order valence-corrected chi connectivity index (χ4v) is 2.78. The highest BCUT2D eigenvalue weighted by Crippen LogP contribution is 2.36. The summed E-state index contributed by atoms with van der Waals surface area (Å²) in [4.78, 5) is 10.9. The molecular formula is C17H28BrClN2O3. The van der Waals surface area contributed by atoms with Crippen molar-refractivity contribution in [2.75, 3.05) is 19.8 Å². The molecule has 0 bridgehead atoms. The molecule has 5 nitrogen and oxygen atoms in total. The van der Waals surface area contributed by atoms with Gasteiger partial charge in [0.15, 0.2) is 18.1 Å². The molecule has 138 valence electrons. The number of rotatable bonds is 12. The molecule has 3 N–H and O–H groups in total. The van der Waals surface area contributed by atoms with Crippen LogP contribution < -0.4 is 20.5 Å². The SMILES string of the molecule is CCCCCCNCc1cc(Br)c(OCC(N)=O)c(OCC)c1.Cl.